The van der Waals surface area contributed by atoms with Crippen LogP contribution in [0.25, 0.3) is 0 Å². The number of aromatic nitrogens is 2. The van der Waals surface area contributed by atoms with Crippen molar-refractivity contribution in [3.05, 3.63) is 112 Å². The average Bonchev–Trinajstić information content (AvgIpc) is 3.49. The van der Waals surface area contributed by atoms with E-state index in [1.165, 1.54) is 19.7 Å². The lowest BCUT2D eigenvalue weighted by Crippen LogP contribution is -2.47. The number of hydrogen-bond donors (Lipinski definition) is 3. The number of amides is 2. The van der Waals surface area contributed by atoms with Crippen molar-refractivity contribution in [3.8, 4) is 11.5 Å². The van der Waals surface area contributed by atoms with Gasteiger partial charge in [0, 0.05) is 23.3 Å². The average molecular weight is 596 g/mol. The van der Waals surface area contributed by atoms with Crippen LogP contribution in [0, 0.1) is 0 Å². The van der Waals surface area contributed by atoms with Gasteiger partial charge in [-0.15, -0.1) is 0 Å². The van der Waals surface area contributed by atoms with Crippen molar-refractivity contribution in [2.45, 2.75) is 25.7 Å². The van der Waals surface area contributed by atoms with E-state index in [1.54, 1.807) is 30.5 Å². The van der Waals surface area contributed by atoms with E-state index in [0.29, 0.717) is 32.8 Å². The largest absolute Gasteiger partial charge is 0.493 e. The van der Waals surface area contributed by atoms with Crippen molar-refractivity contribution in [1.29, 1.82) is 0 Å². The van der Waals surface area contributed by atoms with Gasteiger partial charge < -0.3 is 24.5 Å². The molecule has 1 aromatic heterocycles. The van der Waals surface area contributed by atoms with E-state index >= 15 is 0 Å². The summed E-state index contributed by atoms with van der Waals surface area (Å²) < 4.78 is 16.6. The van der Waals surface area contributed by atoms with E-state index in [2.05, 4.69) is 25.8 Å². The van der Waals surface area contributed by atoms with Crippen LogP contribution >= 0.6 is 23.2 Å². The highest BCUT2D eigenvalue weighted by Crippen LogP contribution is 2.36. The van der Waals surface area contributed by atoms with E-state index in [0.717, 1.165) is 11.1 Å². The molecule has 4 rings (SSSR count). The second-order valence-electron chi connectivity index (χ2n) is 8.72. The number of carbonyl (C=O) groups excluding carboxylic acids is 2. The first kappa shape index (κ1) is 29.4. The number of H-pyrrole nitrogens is 1. The zero-order valence-electron chi connectivity index (χ0n) is 22.0. The molecule has 3 aromatic carbocycles. The number of methoxy groups -OCH3 is 1. The molecule has 212 valence electrons. The van der Waals surface area contributed by atoms with Gasteiger partial charge in [-0.05, 0) is 41.0 Å². The highest BCUT2D eigenvalue weighted by Gasteiger charge is 2.22. The SMILES string of the molecule is COc1cc(/C=N\NC(=O)[C@H](Cc2cnc[nH]2)NC(=O)OCc2ccccc2)cc(Cl)c1OCc1ccc(Cl)cc1. The number of aromatic amines is 1. The van der Waals surface area contributed by atoms with Crippen LogP contribution in [0.4, 0.5) is 4.79 Å². The Labute approximate surface area is 246 Å². The fourth-order valence-corrected chi connectivity index (χ4v) is 4.07. The molecule has 0 radical (unpaired) electrons. The molecule has 0 aliphatic carbocycles. The van der Waals surface area contributed by atoms with Gasteiger partial charge >= 0.3 is 6.09 Å². The molecule has 4 aromatic rings. The van der Waals surface area contributed by atoms with Crippen LogP contribution in [0.5, 0.6) is 11.5 Å². The second-order valence-corrected chi connectivity index (χ2v) is 9.57. The molecule has 0 bridgehead atoms. The van der Waals surface area contributed by atoms with Gasteiger partial charge in [-0.25, -0.2) is 15.2 Å². The number of benzene rings is 3. The summed E-state index contributed by atoms with van der Waals surface area (Å²) in [6.45, 7) is 0.320. The molecular weight excluding hydrogens is 569 g/mol. The molecule has 10 nitrogen and oxygen atoms in total. The van der Waals surface area contributed by atoms with Crippen LogP contribution in [0.1, 0.15) is 22.4 Å². The van der Waals surface area contributed by atoms with Crippen molar-refractivity contribution in [1.82, 2.24) is 20.7 Å². The van der Waals surface area contributed by atoms with Gasteiger partial charge in [-0.2, -0.15) is 5.10 Å². The van der Waals surface area contributed by atoms with Gasteiger partial charge in [0.2, 0.25) is 0 Å². The number of imidazole rings is 1. The number of hydrazone groups is 1. The number of ether oxygens (including phenoxy) is 3. The number of nitrogens with zero attached hydrogens (tertiary/aromatic N) is 2. The molecule has 0 saturated carbocycles. The lowest BCUT2D eigenvalue weighted by atomic mass is 10.1. The molecule has 41 heavy (non-hydrogen) atoms. The molecule has 0 unspecified atom stereocenters. The first-order valence-corrected chi connectivity index (χ1v) is 13.2. The second kappa shape index (κ2) is 14.7. The zero-order valence-corrected chi connectivity index (χ0v) is 23.5. The van der Waals surface area contributed by atoms with Crippen LogP contribution < -0.4 is 20.2 Å². The summed E-state index contributed by atoms with van der Waals surface area (Å²) in [4.78, 5) is 32.2. The number of nitrogens with one attached hydrogen (secondary N) is 3. The maximum atomic E-state index is 12.9. The first-order valence-electron chi connectivity index (χ1n) is 12.4. The van der Waals surface area contributed by atoms with Gasteiger partial charge in [0.15, 0.2) is 11.5 Å². The lowest BCUT2D eigenvalue weighted by molar-refractivity contribution is -0.123. The fourth-order valence-electron chi connectivity index (χ4n) is 3.67. The van der Waals surface area contributed by atoms with Crippen molar-refractivity contribution in [2.24, 2.45) is 5.10 Å². The molecule has 0 aliphatic rings. The Hall–Kier alpha value is -4.54. The highest BCUT2D eigenvalue weighted by molar-refractivity contribution is 6.32. The monoisotopic (exact) mass is 595 g/mol. The minimum Gasteiger partial charge on any atom is -0.493 e. The van der Waals surface area contributed by atoms with Crippen LogP contribution in [0.2, 0.25) is 10.0 Å². The van der Waals surface area contributed by atoms with Crippen LogP contribution in [0.3, 0.4) is 0 Å². The predicted octanol–water partition coefficient (Wildman–Crippen LogP) is 5.29. The standard InChI is InChI=1S/C29H27Cl2N5O5/c1-39-26-12-21(11-24(31)27(26)40-16-20-7-9-22(30)10-8-20)14-34-36-28(37)25(13-23-15-32-18-33-23)35-29(38)41-17-19-5-3-2-4-6-19/h2-12,14-15,18,25H,13,16-17H2,1H3,(H,32,33)(H,35,38)(H,36,37)/b34-14-/t25-/m0/s1. The van der Waals surface area contributed by atoms with E-state index in [1.807, 2.05) is 42.5 Å². The van der Waals surface area contributed by atoms with Gasteiger partial charge in [0.1, 0.15) is 19.3 Å². The molecule has 1 atom stereocenters. The molecule has 0 saturated heterocycles. The summed E-state index contributed by atoms with van der Waals surface area (Å²) in [5.41, 5.74) is 5.36. The van der Waals surface area contributed by atoms with Crippen molar-refractivity contribution in [2.75, 3.05) is 7.11 Å². The predicted molar refractivity (Wildman–Crippen MR) is 155 cm³/mol. The van der Waals surface area contributed by atoms with Crippen molar-refractivity contribution >= 4 is 41.4 Å². The molecule has 0 fully saturated rings. The zero-order chi connectivity index (χ0) is 29.0. The van der Waals surface area contributed by atoms with E-state index in [-0.39, 0.29) is 19.6 Å². The molecule has 12 heteroatoms. The summed E-state index contributed by atoms with van der Waals surface area (Å²) in [6.07, 6.45) is 3.84. The van der Waals surface area contributed by atoms with E-state index in [4.69, 9.17) is 37.4 Å². The number of halogens is 2. The van der Waals surface area contributed by atoms with Gasteiger partial charge in [0.25, 0.3) is 5.91 Å². The molecule has 3 N–H and O–H groups in total. The quantitative estimate of drug-likeness (QED) is 0.151. The maximum absolute atomic E-state index is 12.9. The molecule has 0 spiro atoms. The third kappa shape index (κ3) is 8.99. The van der Waals surface area contributed by atoms with Gasteiger partial charge in [0.05, 0.1) is 24.7 Å². The summed E-state index contributed by atoms with van der Waals surface area (Å²) in [6, 6.07) is 18.8. The summed E-state index contributed by atoms with van der Waals surface area (Å²) in [5.74, 6) is 0.191. The topological polar surface area (TPSA) is 127 Å². The van der Waals surface area contributed by atoms with Crippen LogP contribution in [0.15, 0.2) is 84.4 Å². The minimum atomic E-state index is -0.988. The Morgan fingerprint density at radius 1 is 1.05 bits per heavy atom. The van der Waals surface area contributed by atoms with Crippen molar-refractivity contribution in [3.63, 3.8) is 0 Å². The Bertz CT molecular complexity index is 1470. The van der Waals surface area contributed by atoms with E-state index in [9.17, 15) is 9.59 Å². The summed E-state index contributed by atoms with van der Waals surface area (Å²) >= 11 is 12.4. The molecular formula is C29H27Cl2N5O5. The Kier molecular flexibility index (Phi) is 10.6. The molecule has 0 aliphatic heterocycles. The third-order valence-corrected chi connectivity index (χ3v) is 6.27. The third-order valence-electron chi connectivity index (χ3n) is 5.74. The fraction of sp³-hybridized carbons (Fsp3) is 0.172. The minimum absolute atomic E-state index is 0.0607. The Morgan fingerprint density at radius 2 is 1.80 bits per heavy atom. The van der Waals surface area contributed by atoms with Crippen molar-refractivity contribution < 1.29 is 23.8 Å². The number of alkyl carbamates (subject to hydrolysis) is 1. The normalized spacial score (nSPS) is 11.6. The maximum Gasteiger partial charge on any atom is 0.408 e. The smallest absolute Gasteiger partial charge is 0.408 e. The Morgan fingerprint density at radius 3 is 2.51 bits per heavy atom. The lowest BCUT2D eigenvalue weighted by Gasteiger charge is -2.16. The molecule has 1 heterocycles. The summed E-state index contributed by atoms with van der Waals surface area (Å²) in [7, 11) is 1.49. The number of rotatable bonds is 12. The Balaban J connectivity index is 1.38. The number of carbonyl (C=O) groups is 2. The first-order chi connectivity index (χ1) is 19.9. The van der Waals surface area contributed by atoms with Crippen LogP contribution in [-0.2, 0) is 29.2 Å². The summed E-state index contributed by atoms with van der Waals surface area (Å²) in [5, 5.41) is 7.54. The highest BCUT2D eigenvalue weighted by atomic mass is 35.5. The molecule has 2 amide bonds. The van der Waals surface area contributed by atoms with E-state index < -0.39 is 18.0 Å². The van der Waals surface area contributed by atoms with Crippen LogP contribution in [-0.4, -0.2) is 41.3 Å². The van der Waals surface area contributed by atoms with Gasteiger partial charge in [-0.1, -0.05) is 65.7 Å². The van der Waals surface area contributed by atoms with Gasteiger partial charge in [-0.3, -0.25) is 4.79 Å². The number of hydrogen-bond acceptors (Lipinski definition) is 7.